The van der Waals surface area contributed by atoms with Crippen LogP contribution in [-0.4, -0.2) is 0 Å². The molecule has 17 heavy (non-hydrogen) atoms. The van der Waals surface area contributed by atoms with Gasteiger partial charge >= 0.3 is 6.18 Å². The predicted octanol–water partition coefficient (Wildman–Crippen LogP) is 3.89. The Kier molecular flexibility index (Phi) is 3.52. The number of benzene rings is 1. The first kappa shape index (κ1) is 14.0. The summed E-state index contributed by atoms with van der Waals surface area (Å²) in [7, 11) is 0. The van der Waals surface area contributed by atoms with Crippen molar-refractivity contribution in [3.8, 4) is 0 Å². The standard InChI is InChI=1S/C12H15F4N/c1-11(2,3)10(17)8-6-7(13)4-5-9(8)12(14,15)16/h4-6,10H,17H2,1-3H3/t10-/m0/s1. The molecule has 0 unspecified atom stereocenters. The Bertz CT molecular complexity index is 404. The average Bonchev–Trinajstić information content (AvgIpc) is 2.13. The number of rotatable bonds is 1. The first-order valence-electron chi connectivity index (χ1n) is 5.15. The molecule has 1 aromatic rings. The molecule has 0 aliphatic carbocycles. The zero-order chi connectivity index (χ0) is 13.4. The van der Waals surface area contributed by atoms with Gasteiger partial charge in [0.25, 0.3) is 0 Å². The fourth-order valence-electron chi connectivity index (χ4n) is 1.52. The molecular weight excluding hydrogens is 234 g/mol. The maximum absolute atomic E-state index is 13.1. The van der Waals surface area contributed by atoms with E-state index in [0.29, 0.717) is 0 Å². The lowest BCUT2D eigenvalue weighted by Crippen LogP contribution is -2.29. The Balaban J connectivity index is 3.35. The second-order valence-electron chi connectivity index (χ2n) is 5.07. The Morgan fingerprint density at radius 1 is 1.12 bits per heavy atom. The van der Waals surface area contributed by atoms with Gasteiger partial charge in [-0.05, 0) is 29.2 Å². The molecule has 1 aromatic carbocycles. The molecule has 1 atom stereocenters. The summed E-state index contributed by atoms with van der Waals surface area (Å²) in [6, 6.07) is 1.51. The molecule has 96 valence electrons. The van der Waals surface area contributed by atoms with Crippen molar-refractivity contribution in [2.45, 2.75) is 33.0 Å². The van der Waals surface area contributed by atoms with Crippen LogP contribution in [0.1, 0.15) is 37.9 Å². The first-order chi connectivity index (χ1) is 7.53. The molecule has 0 fully saturated rings. The van der Waals surface area contributed by atoms with Crippen LogP contribution in [0.3, 0.4) is 0 Å². The van der Waals surface area contributed by atoms with E-state index in [2.05, 4.69) is 0 Å². The lowest BCUT2D eigenvalue weighted by Gasteiger charge is -2.29. The van der Waals surface area contributed by atoms with Crippen LogP contribution in [0.25, 0.3) is 0 Å². The first-order valence-corrected chi connectivity index (χ1v) is 5.15. The van der Waals surface area contributed by atoms with Gasteiger partial charge < -0.3 is 5.73 Å². The highest BCUT2D eigenvalue weighted by atomic mass is 19.4. The van der Waals surface area contributed by atoms with Crippen molar-refractivity contribution in [1.82, 2.24) is 0 Å². The topological polar surface area (TPSA) is 26.0 Å². The van der Waals surface area contributed by atoms with E-state index in [4.69, 9.17) is 5.73 Å². The number of hydrogen-bond acceptors (Lipinski definition) is 1. The predicted molar refractivity (Wildman–Crippen MR) is 57.8 cm³/mol. The van der Waals surface area contributed by atoms with Crippen LogP contribution in [-0.2, 0) is 6.18 Å². The van der Waals surface area contributed by atoms with Gasteiger partial charge in [0.05, 0.1) is 5.56 Å². The van der Waals surface area contributed by atoms with Gasteiger partial charge in [-0.2, -0.15) is 13.2 Å². The molecule has 0 spiro atoms. The highest BCUT2D eigenvalue weighted by Gasteiger charge is 2.37. The van der Waals surface area contributed by atoms with Crippen molar-refractivity contribution in [2.75, 3.05) is 0 Å². The van der Waals surface area contributed by atoms with Gasteiger partial charge in [0.15, 0.2) is 0 Å². The van der Waals surface area contributed by atoms with Crippen LogP contribution in [0.5, 0.6) is 0 Å². The molecule has 1 nitrogen and oxygen atoms in total. The Morgan fingerprint density at radius 2 is 1.65 bits per heavy atom. The molecule has 0 saturated heterocycles. The highest BCUT2D eigenvalue weighted by Crippen LogP contribution is 2.39. The normalized spacial score (nSPS) is 14.8. The minimum Gasteiger partial charge on any atom is -0.323 e. The van der Waals surface area contributed by atoms with Crippen LogP contribution in [0.15, 0.2) is 18.2 Å². The summed E-state index contributed by atoms with van der Waals surface area (Å²) >= 11 is 0. The van der Waals surface area contributed by atoms with Crippen LogP contribution in [0.4, 0.5) is 17.6 Å². The molecule has 5 heteroatoms. The molecule has 0 bridgehead atoms. The van der Waals surface area contributed by atoms with Crippen molar-refractivity contribution < 1.29 is 17.6 Å². The maximum Gasteiger partial charge on any atom is 0.416 e. The third kappa shape index (κ3) is 3.19. The van der Waals surface area contributed by atoms with E-state index in [-0.39, 0.29) is 5.56 Å². The van der Waals surface area contributed by atoms with Gasteiger partial charge in [-0.1, -0.05) is 20.8 Å². The van der Waals surface area contributed by atoms with Gasteiger partial charge in [-0.15, -0.1) is 0 Å². The van der Waals surface area contributed by atoms with Gasteiger partial charge in [0.1, 0.15) is 5.82 Å². The van der Waals surface area contributed by atoms with Crippen molar-refractivity contribution >= 4 is 0 Å². The lowest BCUT2D eigenvalue weighted by molar-refractivity contribution is -0.138. The van der Waals surface area contributed by atoms with E-state index in [0.717, 1.165) is 18.2 Å². The molecule has 0 aliphatic rings. The van der Waals surface area contributed by atoms with E-state index in [9.17, 15) is 17.6 Å². The Labute approximate surface area is 97.6 Å². The third-order valence-electron chi connectivity index (χ3n) is 2.59. The molecule has 0 aromatic heterocycles. The van der Waals surface area contributed by atoms with Crippen molar-refractivity contribution in [3.63, 3.8) is 0 Å². The minimum atomic E-state index is -4.52. The Hall–Kier alpha value is -1.10. The van der Waals surface area contributed by atoms with Crippen molar-refractivity contribution in [3.05, 3.63) is 35.1 Å². The summed E-state index contributed by atoms with van der Waals surface area (Å²) in [6.45, 7) is 5.13. The molecule has 1 rings (SSSR count). The van der Waals surface area contributed by atoms with E-state index in [1.54, 1.807) is 20.8 Å². The number of hydrogen-bond donors (Lipinski definition) is 1. The van der Waals surface area contributed by atoms with Gasteiger partial charge in [-0.25, -0.2) is 4.39 Å². The average molecular weight is 249 g/mol. The number of alkyl halides is 3. The lowest BCUT2D eigenvalue weighted by atomic mass is 9.81. The minimum absolute atomic E-state index is 0.204. The van der Waals surface area contributed by atoms with Crippen LogP contribution >= 0.6 is 0 Å². The van der Waals surface area contributed by atoms with E-state index < -0.39 is 29.0 Å². The van der Waals surface area contributed by atoms with Crippen LogP contribution in [0.2, 0.25) is 0 Å². The zero-order valence-electron chi connectivity index (χ0n) is 9.90. The molecular formula is C12H15F4N. The summed E-state index contributed by atoms with van der Waals surface area (Å²) in [5.41, 5.74) is 4.12. The Morgan fingerprint density at radius 3 is 2.06 bits per heavy atom. The number of nitrogens with two attached hydrogens (primary N) is 1. The summed E-state index contributed by atoms with van der Waals surface area (Å²) in [5.74, 6) is -0.715. The molecule has 2 N–H and O–H groups in total. The molecule has 0 aliphatic heterocycles. The molecule has 0 amide bonds. The second kappa shape index (κ2) is 4.29. The summed E-state index contributed by atoms with van der Waals surface area (Å²) in [4.78, 5) is 0. The van der Waals surface area contributed by atoms with Gasteiger partial charge in [0.2, 0.25) is 0 Å². The van der Waals surface area contributed by atoms with E-state index in [1.807, 2.05) is 0 Å². The van der Waals surface area contributed by atoms with Crippen molar-refractivity contribution in [2.24, 2.45) is 11.1 Å². The number of halogens is 4. The summed E-state index contributed by atoms with van der Waals surface area (Å²) in [6.07, 6.45) is -4.52. The zero-order valence-corrected chi connectivity index (χ0v) is 9.90. The monoisotopic (exact) mass is 249 g/mol. The smallest absolute Gasteiger partial charge is 0.323 e. The summed E-state index contributed by atoms with van der Waals surface area (Å²) < 4.78 is 51.3. The van der Waals surface area contributed by atoms with E-state index in [1.165, 1.54) is 0 Å². The van der Waals surface area contributed by atoms with Crippen LogP contribution < -0.4 is 5.73 Å². The van der Waals surface area contributed by atoms with Crippen LogP contribution in [0, 0.1) is 11.2 Å². The highest BCUT2D eigenvalue weighted by molar-refractivity contribution is 5.33. The van der Waals surface area contributed by atoms with Gasteiger partial charge in [-0.3, -0.25) is 0 Å². The summed E-state index contributed by atoms with van der Waals surface area (Å²) in [5, 5.41) is 0. The quantitative estimate of drug-likeness (QED) is 0.751. The van der Waals surface area contributed by atoms with E-state index >= 15 is 0 Å². The molecule has 0 saturated carbocycles. The fourth-order valence-corrected chi connectivity index (χ4v) is 1.52. The SMILES string of the molecule is CC(C)(C)[C@@H](N)c1cc(F)ccc1C(F)(F)F. The van der Waals surface area contributed by atoms with Crippen molar-refractivity contribution in [1.29, 1.82) is 0 Å². The molecule has 0 heterocycles. The second-order valence-corrected chi connectivity index (χ2v) is 5.07. The molecule has 0 radical (unpaired) electrons. The van der Waals surface area contributed by atoms with Gasteiger partial charge in [0, 0.05) is 6.04 Å². The third-order valence-corrected chi connectivity index (χ3v) is 2.59. The fraction of sp³-hybridized carbons (Fsp3) is 0.500. The largest absolute Gasteiger partial charge is 0.416 e. The maximum atomic E-state index is 13.1.